The Labute approximate surface area is 146 Å². The van der Waals surface area contributed by atoms with Gasteiger partial charge in [0.15, 0.2) is 11.5 Å². The van der Waals surface area contributed by atoms with Gasteiger partial charge in [-0.1, -0.05) is 19.9 Å². The molecule has 1 amide bonds. The maximum absolute atomic E-state index is 12.5. The van der Waals surface area contributed by atoms with Crippen molar-refractivity contribution >= 4 is 17.2 Å². The number of rotatable bonds is 6. The van der Waals surface area contributed by atoms with Crippen LogP contribution in [0.2, 0.25) is 0 Å². The summed E-state index contributed by atoms with van der Waals surface area (Å²) < 4.78 is 11.1. The van der Waals surface area contributed by atoms with Gasteiger partial charge >= 0.3 is 0 Å². The first-order valence-electron chi connectivity index (χ1n) is 8.19. The molecule has 6 heteroatoms. The van der Waals surface area contributed by atoms with Gasteiger partial charge in [0.05, 0.1) is 12.5 Å². The summed E-state index contributed by atoms with van der Waals surface area (Å²) in [6.07, 6.45) is 2.97. The SMILES string of the molecule is CC(C)CC(NC(=O)Cc1ccc2c(c1)OCCO2)c1nccs1. The number of ether oxygens (including phenoxy) is 2. The fraction of sp³-hybridized carbons (Fsp3) is 0.444. The van der Waals surface area contributed by atoms with Crippen molar-refractivity contribution < 1.29 is 14.3 Å². The number of aromatic nitrogens is 1. The molecule has 128 valence electrons. The van der Waals surface area contributed by atoms with Crippen molar-refractivity contribution in [3.8, 4) is 11.5 Å². The van der Waals surface area contributed by atoms with Gasteiger partial charge in [0.2, 0.25) is 5.91 Å². The standard InChI is InChI=1S/C18H22N2O3S/c1-12(2)9-14(18-19-5-8-24-18)20-17(21)11-13-3-4-15-16(10-13)23-7-6-22-15/h3-5,8,10,12,14H,6-7,9,11H2,1-2H3,(H,20,21). The van der Waals surface area contributed by atoms with E-state index in [0.29, 0.717) is 31.3 Å². The van der Waals surface area contributed by atoms with Gasteiger partial charge in [0, 0.05) is 11.6 Å². The van der Waals surface area contributed by atoms with Crippen LogP contribution in [0.25, 0.3) is 0 Å². The summed E-state index contributed by atoms with van der Waals surface area (Å²) in [4.78, 5) is 16.8. The predicted molar refractivity (Wildman–Crippen MR) is 93.6 cm³/mol. The monoisotopic (exact) mass is 346 g/mol. The molecule has 2 heterocycles. The lowest BCUT2D eigenvalue weighted by molar-refractivity contribution is -0.121. The average Bonchev–Trinajstić information content (AvgIpc) is 3.08. The Morgan fingerprint density at radius 2 is 2.08 bits per heavy atom. The molecule has 24 heavy (non-hydrogen) atoms. The molecule has 3 rings (SSSR count). The summed E-state index contributed by atoms with van der Waals surface area (Å²) >= 11 is 1.58. The van der Waals surface area contributed by atoms with E-state index < -0.39 is 0 Å². The van der Waals surface area contributed by atoms with Crippen LogP contribution < -0.4 is 14.8 Å². The number of thiazole rings is 1. The molecule has 1 N–H and O–H groups in total. The summed E-state index contributed by atoms with van der Waals surface area (Å²) in [7, 11) is 0. The molecule has 2 aromatic rings. The average molecular weight is 346 g/mol. The smallest absolute Gasteiger partial charge is 0.224 e. The van der Waals surface area contributed by atoms with Crippen molar-refractivity contribution in [1.82, 2.24) is 10.3 Å². The lowest BCUT2D eigenvalue weighted by atomic mass is 10.0. The molecule has 0 radical (unpaired) electrons. The summed E-state index contributed by atoms with van der Waals surface area (Å²) in [5, 5.41) is 6.01. The van der Waals surface area contributed by atoms with E-state index >= 15 is 0 Å². The van der Waals surface area contributed by atoms with E-state index in [0.717, 1.165) is 22.7 Å². The van der Waals surface area contributed by atoms with E-state index in [1.54, 1.807) is 17.5 Å². The quantitative estimate of drug-likeness (QED) is 0.871. The van der Waals surface area contributed by atoms with Crippen LogP contribution in [0.1, 0.15) is 36.9 Å². The van der Waals surface area contributed by atoms with Gasteiger partial charge in [0.1, 0.15) is 18.2 Å². The molecule has 5 nitrogen and oxygen atoms in total. The van der Waals surface area contributed by atoms with Crippen LogP contribution in [0.3, 0.4) is 0 Å². The van der Waals surface area contributed by atoms with Gasteiger partial charge < -0.3 is 14.8 Å². The molecule has 1 aliphatic rings. The highest BCUT2D eigenvalue weighted by Gasteiger charge is 2.19. The largest absolute Gasteiger partial charge is 0.486 e. The van der Waals surface area contributed by atoms with Crippen molar-refractivity contribution in [2.24, 2.45) is 5.92 Å². The van der Waals surface area contributed by atoms with Crippen molar-refractivity contribution in [2.45, 2.75) is 32.7 Å². The van der Waals surface area contributed by atoms with Crippen molar-refractivity contribution in [2.75, 3.05) is 13.2 Å². The number of fused-ring (bicyclic) bond motifs is 1. The summed E-state index contributed by atoms with van der Waals surface area (Å²) in [6.45, 7) is 5.40. The predicted octanol–water partition coefficient (Wildman–Crippen LogP) is 3.36. The van der Waals surface area contributed by atoms with Crippen LogP contribution in [0.4, 0.5) is 0 Å². The van der Waals surface area contributed by atoms with Crippen LogP contribution in [-0.2, 0) is 11.2 Å². The second-order valence-electron chi connectivity index (χ2n) is 6.27. The minimum atomic E-state index is -0.0327. The molecule has 0 bridgehead atoms. The second kappa shape index (κ2) is 7.66. The van der Waals surface area contributed by atoms with Crippen LogP contribution in [0.5, 0.6) is 11.5 Å². The molecular weight excluding hydrogens is 324 g/mol. The number of carbonyl (C=O) groups excluding carboxylic acids is 1. The van der Waals surface area contributed by atoms with Crippen LogP contribution in [-0.4, -0.2) is 24.1 Å². The molecule has 1 aliphatic heterocycles. The van der Waals surface area contributed by atoms with E-state index in [1.807, 2.05) is 23.6 Å². The second-order valence-corrected chi connectivity index (χ2v) is 7.20. The molecule has 1 aromatic heterocycles. The molecule has 0 spiro atoms. The van der Waals surface area contributed by atoms with Crippen molar-refractivity contribution in [3.63, 3.8) is 0 Å². The highest BCUT2D eigenvalue weighted by Crippen LogP contribution is 2.31. The molecule has 0 fully saturated rings. The number of nitrogens with one attached hydrogen (secondary N) is 1. The fourth-order valence-electron chi connectivity index (χ4n) is 2.73. The van der Waals surface area contributed by atoms with E-state index in [1.165, 1.54) is 0 Å². The highest BCUT2D eigenvalue weighted by atomic mass is 32.1. The number of hydrogen-bond donors (Lipinski definition) is 1. The Hall–Kier alpha value is -2.08. The minimum Gasteiger partial charge on any atom is -0.486 e. The van der Waals surface area contributed by atoms with Crippen LogP contribution in [0.15, 0.2) is 29.8 Å². The normalized spacial score (nSPS) is 14.5. The number of carbonyl (C=O) groups is 1. The number of nitrogens with zero attached hydrogens (tertiary/aromatic N) is 1. The summed E-state index contributed by atoms with van der Waals surface area (Å²) in [5.74, 6) is 1.93. The summed E-state index contributed by atoms with van der Waals surface area (Å²) in [5.41, 5.74) is 0.916. The van der Waals surface area contributed by atoms with E-state index in [-0.39, 0.29) is 11.9 Å². The van der Waals surface area contributed by atoms with Gasteiger partial charge in [0.25, 0.3) is 0 Å². The van der Waals surface area contributed by atoms with E-state index in [4.69, 9.17) is 9.47 Å². The minimum absolute atomic E-state index is 0.00692. The van der Waals surface area contributed by atoms with Gasteiger partial charge in [-0.15, -0.1) is 11.3 Å². The molecular formula is C18H22N2O3S. The Morgan fingerprint density at radius 1 is 1.29 bits per heavy atom. The zero-order chi connectivity index (χ0) is 16.9. The molecule has 1 unspecified atom stereocenters. The molecule has 0 saturated carbocycles. The zero-order valence-electron chi connectivity index (χ0n) is 14.0. The van der Waals surface area contributed by atoms with Crippen molar-refractivity contribution in [1.29, 1.82) is 0 Å². The maximum atomic E-state index is 12.5. The third kappa shape index (κ3) is 4.26. The van der Waals surface area contributed by atoms with E-state index in [9.17, 15) is 4.79 Å². The zero-order valence-corrected chi connectivity index (χ0v) is 14.8. The molecule has 0 saturated heterocycles. The van der Waals surface area contributed by atoms with Gasteiger partial charge in [-0.2, -0.15) is 0 Å². The number of benzene rings is 1. The van der Waals surface area contributed by atoms with Gasteiger partial charge in [-0.25, -0.2) is 4.98 Å². The van der Waals surface area contributed by atoms with Gasteiger partial charge in [-0.3, -0.25) is 4.79 Å². The lowest BCUT2D eigenvalue weighted by Gasteiger charge is -2.20. The maximum Gasteiger partial charge on any atom is 0.224 e. The molecule has 1 aromatic carbocycles. The number of amides is 1. The highest BCUT2D eigenvalue weighted by molar-refractivity contribution is 7.09. The summed E-state index contributed by atoms with van der Waals surface area (Å²) in [6, 6.07) is 5.63. The third-order valence-electron chi connectivity index (χ3n) is 3.76. The lowest BCUT2D eigenvalue weighted by Crippen LogP contribution is -2.30. The topological polar surface area (TPSA) is 60.5 Å². The van der Waals surface area contributed by atoms with Crippen LogP contribution >= 0.6 is 11.3 Å². The van der Waals surface area contributed by atoms with Crippen molar-refractivity contribution in [3.05, 3.63) is 40.3 Å². The molecule has 1 atom stereocenters. The molecule has 0 aliphatic carbocycles. The fourth-order valence-corrected chi connectivity index (χ4v) is 3.43. The third-order valence-corrected chi connectivity index (χ3v) is 4.65. The Bertz CT molecular complexity index is 686. The van der Waals surface area contributed by atoms with Crippen LogP contribution in [0, 0.1) is 5.92 Å². The van der Waals surface area contributed by atoms with Gasteiger partial charge in [-0.05, 0) is 30.0 Å². The first-order chi connectivity index (χ1) is 11.6. The first-order valence-corrected chi connectivity index (χ1v) is 9.07. The Balaban J connectivity index is 1.65. The Kier molecular flexibility index (Phi) is 5.35. The Morgan fingerprint density at radius 3 is 2.79 bits per heavy atom. The van der Waals surface area contributed by atoms with E-state index in [2.05, 4.69) is 24.1 Å². The number of hydrogen-bond acceptors (Lipinski definition) is 5. The first kappa shape index (κ1) is 16.8.